The number of hydrogen-bond donors (Lipinski definition) is 1. The van der Waals surface area contributed by atoms with Crippen molar-refractivity contribution in [1.29, 1.82) is 0 Å². The van der Waals surface area contributed by atoms with Crippen LogP contribution in [0.25, 0.3) is 0 Å². The Morgan fingerprint density at radius 2 is 1.64 bits per heavy atom. The molecule has 0 aliphatic heterocycles. The molecule has 116 valence electrons. The van der Waals surface area contributed by atoms with E-state index in [1.165, 1.54) is 11.1 Å². The van der Waals surface area contributed by atoms with E-state index in [-0.39, 0.29) is 16.6 Å². The number of rotatable bonds is 5. The molecule has 0 radical (unpaired) electrons. The van der Waals surface area contributed by atoms with E-state index in [4.69, 9.17) is 5.73 Å². The van der Waals surface area contributed by atoms with Crippen molar-refractivity contribution >= 4 is 17.7 Å². The van der Waals surface area contributed by atoms with Gasteiger partial charge >= 0.3 is 0 Å². The summed E-state index contributed by atoms with van der Waals surface area (Å²) in [5.74, 6) is 0.481. The highest BCUT2D eigenvalue weighted by Crippen LogP contribution is 2.32. The molecule has 0 bridgehead atoms. The maximum absolute atomic E-state index is 11.7. The molecule has 0 aliphatic rings. The molecule has 0 aliphatic carbocycles. The van der Waals surface area contributed by atoms with E-state index in [1.807, 2.05) is 30.3 Å². The molecule has 2 nitrogen and oxygen atoms in total. The third kappa shape index (κ3) is 4.38. The Hall–Kier alpha value is -1.74. The highest BCUT2D eigenvalue weighted by atomic mass is 32.2. The average Bonchev–Trinajstić information content (AvgIpc) is 2.48. The van der Waals surface area contributed by atoms with Crippen molar-refractivity contribution < 1.29 is 4.79 Å². The summed E-state index contributed by atoms with van der Waals surface area (Å²) in [5, 5.41) is -0.302. The van der Waals surface area contributed by atoms with Crippen molar-refractivity contribution in [1.82, 2.24) is 0 Å². The van der Waals surface area contributed by atoms with Crippen molar-refractivity contribution in [3.63, 3.8) is 0 Å². The Morgan fingerprint density at radius 3 is 2.14 bits per heavy atom. The fourth-order valence-electron chi connectivity index (χ4n) is 2.25. The van der Waals surface area contributed by atoms with Crippen molar-refractivity contribution in [2.45, 2.75) is 37.2 Å². The minimum absolute atomic E-state index is 0.158. The van der Waals surface area contributed by atoms with Gasteiger partial charge in [0.05, 0.1) is 0 Å². The third-order valence-corrected chi connectivity index (χ3v) is 4.94. The second-order valence-electron chi connectivity index (χ2n) is 6.45. The SMILES string of the molecule is CC(C)(C)c1ccc(CSC(C(N)=O)c2ccccc2)cc1. The van der Waals surface area contributed by atoms with Crippen LogP contribution in [-0.2, 0) is 16.0 Å². The normalized spacial score (nSPS) is 12.9. The molecule has 2 aromatic carbocycles. The summed E-state index contributed by atoms with van der Waals surface area (Å²) < 4.78 is 0. The lowest BCUT2D eigenvalue weighted by atomic mass is 9.87. The number of thioether (sulfide) groups is 1. The van der Waals surface area contributed by atoms with Crippen LogP contribution in [0.4, 0.5) is 0 Å². The summed E-state index contributed by atoms with van der Waals surface area (Å²) in [7, 11) is 0. The second-order valence-corrected chi connectivity index (χ2v) is 7.54. The number of nitrogens with two attached hydrogens (primary N) is 1. The van der Waals surface area contributed by atoms with Crippen molar-refractivity contribution in [2.24, 2.45) is 5.73 Å². The van der Waals surface area contributed by atoms with Crippen molar-refractivity contribution in [2.75, 3.05) is 0 Å². The van der Waals surface area contributed by atoms with Gasteiger partial charge in [-0.25, -0.2) is 0 Å². The van der Waals surface area contributed by atoms with E-state index in [0.717, 1.165) is 11.3 Å². The van der Waals surface area contributed by atoms with E-state index < -0.39 is 0 Å². The lowest BCUT2D eigenvalue weighted by Gasteiger charge is -2.19. The molecule has 0 fully saturated rings. The fraction of sp³-hybridized carbons (Fsp3) is 0.316. The monoisotopic (exact) mass is 313 g/mol. The van der Waals surface area contributed by atoms with Crippen LogP contribution < -0.4 is 5.73 Å². The second kappa shape index (κ2) is 7.01. The number of benzene rings is 2. The van der Waals surface area contributed by atoms with E-state index in [0.29, 0.717) is 0 Å². The molecule has 1 unspecified atom stereocenters. The summed E-state index contributed by atoms with van der Waals surface area (Å²) in [6.45, 7) is 6.61. The van der Waals surface area contributed by atoms with Crippen molar-refractivity contribution in [3.8, 4) is 0 Å². The maximum Gasteiger partial charge on any atom is 0.235 e. The molecule has 1 amide bonds. The number of primary amides is 1. The first kappa shape index (κ1) is 16.6. The highest BCUT2D eigenvalue weighted by Gasteiger charge is 2.18. The van der Waals surface area contributed by atoms with Gasteiger partial charge in [0.2, 0.25) is 5.91 Å². The largest absolute Gasteiger partial charge is 0.368 e. The van der Waals surface area contributed by atoms with Gasteiger partial charge in [-0.15, -0.1) is 11.8 Å². The molecule has 0 saturated heterocycles. The molecule has 2 aromatic rings. The van der Waals surface area contributed by atoms with Crippen LogP contribution in [0.2, 0.25) is 0 Å². The Bertz CT molecular complexity index is 614. The van der Waals surface area contributed by atoms with Gasteiger partial charge in [0.25, 0.3) is 0 Å². The van der Waals surface area contributed by atoms with Crippen LogP contribution in [0.3, 0.4) is 0 Å². The first-order chi connectivity index (χ1) is 10.4. The van der Waals surface area contributed by atoms with Gasteiger partial charge in [-0.1, -0.05) is 75.4 Å². The van der Waals surface area contributed by atoms with Crippen LogP contribution >= 0.6 is 11.8 Å². The van der Waals surface area contributed by atoms with Gasteiger partial charge in [0.1, 0.15) is 5.25 Å². The molecular formula is C19H23NOS. The Balaban J connectivity index is 2.06. The van der Waals surface area contributed by atoms with Gasteiger partial charge in [-0.3, -0.25) is 4.79 Å². The number of carbonyl (C=O) groups is 1. The van der Waals surface area contributed by atoms with Gasteiger partial charge < -0.3 is 5.73 Å². The zero-order valence-electron chi connectivity index (χ0n) is 13.4. The van der Waals surface area contributed by atoms with Gasteiger partial charge in [-0.2, -0.15) is 0 Å². The van der Waals surface area contributed by atoms with E-state index in [9.17, 15) is 4.79 Å². The van der Waals surface area contributed by atoms with E-state index >= 15 is 0 Å². The summed E-state index contributed by atoms with van der Waals surface area (Å²) >= 11 is 1.57. The number of carbonyl (C=O) groups excluding carboxylic acids is 1. The predicted molar refractivity (Wildman–Crippen MR) is 94.8 cm³/mol. The fourth-order valence-corrected chi connectivity index (χ4v) is 3.32. The standard InChI is InChI=1S/C19H23NOS/c1-19(2,3)16-11-9-14(10-12-16)13-22-17(18(20)21)15-7-5-4-6-8-15/h4-12,17H,13H2,1-3H3,(H2,20,21). The van der Waals surface area contributed by atoms with Gasteiger partial charge in [0.15, 0.2) is 0 Å². The molecule has 2 rings (SSSR count). The molecule has 2 N–H and O–H groups in total. The molecule has 0 spiro atoms. The summed E-state index contributed by atoms with van der Waals surface area (Å²) in [4.78, 5) is 11.7. The lowest BCUT2D eigenvalue weighted by molar-refractivity contribution is -0.117. The molecular weight excluding hydrogens is 290 g/mol. The lowest BCUT2D eigenvalue weighted by Crippen LogP contribution is -2.19. The number of hydrogen-bond acceptors (Lipinski definition) is 2. The van der Waals surface area contributed by atoms with Crippen LogP contribution in [-0.4, -0.2) is 5.91 Å². The van der Waals surface area contributed by atoms with Crippen LogP contribution in [0.15, 0.2) is 54.6 Å². The zero-order valence-corrected chi connectivity index (χ0v) is 14.2. The minimum atomic E-state index is -0.302. The molecule has 0 heterocycles. The smallest absolute Gasteiger partial charge is 0.235 e. The third-order valence-electron chi connectivity index (χ3n) is 3.60. The first-order valence-corrected chi connectivity index (χ1v) is 8.48. The summed E-state index contributed by atoms with van der Waals surface area (Å²) in [6.07, 6.45) is 0. The number of amides is 1. The van der Waals surface area contributed by atoms with Crippen LogP contribution in [0, 0.1) is 0 Å². The molecule has 1 atom stereocenters. The average molecular weight is 313 g/mol. The Morgan fingerprint density at radius 1 is 1.05 bits per heavy atom. The Kier molecular flexibility index (Phi) is 5.30. The summed E-state index contributed by atoms with van der Waals surface area (Å²) in [6, 6.07) is 18.3. The molecule has 22 heavy (non-hydrogen) atoms. The Labute approximate surface area is 137 Å². The topological polar surface area (TPSA) is 43.1 Å². The molecule has 0 saturated carbocycles. The highest BCUT2D eigenvalue weighted by molar-refractivity contribution is 7.99. The van der Waals surface area contributed by atoms with Crippen molar-refractivity contribution in [3.05, 3.63) is 71.3 Å². The maximum atomic E-state index is 11.7. The van der Waals surface area contributed by atoms with Gasteiger partial charge in [0, 0.05) is 5.75 Å². The predicted octanol–water partition coefficient (Wildman–Crippen LogP) is 4.44. The van der Waals surface area contributed by atoms with Crippen LogP contribution in [0.5, 0.6) is 0 Å². The minimum Gasteiger partial charge on any atom is -0.368 e. The molecule has 0 aromatic heterocycles. The van der Waals surface area contributed by atoms with E-state index in [1.54, 1.807) is 11.8 Å². The zero-order chi connectivity index (χ0) is 16.2. The first-order valence-electron chi connectivity index (χ1n) is 7.43. The summed E-state index contributed by atoms with van der Waals surface area (Å²) in [5.41, 5.74) is 9.20. The van der Waals surface area contributed by atoms with Crippen LogP contribution in [0.1, 0.15) is 42.7 Å². The molecule has 3 heteroatoms. The van der Waals surface area contributed by atoms with Gasteiger partial charge in [-0.05, 0) is 22.1 Å². The van der Waals surface area contributed by atoms with E-state index in [2.05, 4.69) is 45.0 Å². The quantitative estimate of drug-likeness (QED) is 0.886.